The van der Waals surface area contributed by atoms with Crippen molar-refractivity contribution in [1.29, 1.82) is 5.26 Å². The second-order valence-electron chi connectivity index (χ2n) is 3.90. The summed E-state index contributed by atoms with van der Waals surface area (Å²) in [6.07, 6.45) is -3.68. The van der Waals surface area contributed by atoms with Crippen LogP contribution in [-0.2, 0) is 0 Å². The van der Waals surface area contributed by atoms with Gasteiger partial charge in [0.1, 0.15) is 0 Å². The molecule has 0 aliphatic heterocycles. The van der Waals surface area contributed by atoms with E-state index < -0.39 is 24.9 Å². The lowest BCUT2D eigenvalue weighted by Crippen LogP contribution is -2.39. The van der Waals surface area contributed by atoms with Crippen molar-refractivity contribution in [3.8, 4) is 6.07 Å². The van der Waals surface area contributed by atoms with Gasteiger partial charge in [0.2, 0.25) is 0 Å². The number of nitrogens with zero attached hydrogens (tertiary/aromatic N) is 1. The number of alkyl halides is 4. The van der Waals surface area contributed by atoms with Gasteiger partial charge in [-0.3, -0.25) is 0 Å². The molecule has 18 heavy (non-hydrogen) atoms. The van der Waals surface area contributed by atoms with Crippen LogP contribution in [0.25, 0.3) is 0 Å². The zero-order chi connectivity index (χ0) is 13.8. The van der Waals surface area contributed by atoms with Gasteiger partial charge in [0, 0.05) is 6.04 Å². The molecule has 1 N–H and O–H groups in total. The van der Waals surface area contributed by atoms with Gasteiger partial charge in [-0.2, -0.15) is 14.0 Å². The second kappa shape index (κ2) is 5.83. The Balaban J connectivity index is 2.60. The Kier molecular flexibility index (Phi) is 4.68. The minimum atomic E-state index is -4.04. The standard InChI is InChI=1S/C12H12F4N2/c1-8(18-7-12(15,16)11(13)14)10-4-2-9(6-17)3-5-10/h2-5,8,11,18H,7H2,1H3. The van der Waals surface area contributed by atoms with Crippen LogP contribution < -0.4 is 5.32 Å². The SMILES string of the molecule is CC(NCC(F)(F)C(F)F)c1ccc(C#N)cc1. The van der Waals surface area contributed by atoms with Crippen molar-refractivity contribution in [1.82, 2.24) is 5.32 Å². The Morgan fingerprint density at radius 1 is 1.28 bits per heavy atom. The highest BCUT2D eigenvalue weighted by Crippen LogP contribution is 2.23. The molecule has 98 valence electrons. The molecule has 2 nitrogen and oxygen atoms in total. The van der Waals surface area contributed by atoms with Crippen molar-refractivity contribution in [2.75, 3.05) is 6.54 Å². The highest BCUT2D eigenvalue weighted by molar-refractivity contribution is 5.32. The summed E-state index contributed by atoms with van der Waals surface area (Å²) in [5, 5.41) is 10.9. The van der Waals surface area contributed by atoms with E-state index in [0.717, 1.165) is 0 Å². The first kappa shape index (κ1) is 14.5. The Labute approximate surface area is 102 Å². The minimum absolute atomic E-state index is 0.448. The number of rotatable bonds is 5. The van der Waals surface area contributed by atoms with E-state index >= 15 is 0 Å². The monoisotopic (exact) mass is 260 g/mol. The van der Waals surface area contributed by atoms with Crippen LogP contribution in [0, 0.1) is 11.3 Å². The van der Waals surface area contributed by atoms with E-state index in [1.54, 1.807) is 31.2 Å². The van der Waals surface area contributed by atoms with E-state index in [9.17, 15) is 17.6 Å². The first-order valence-electron chi connectivity index (χ1n) is 5.26. The summed E-state index contributed by atoms with van der Waals surface area (Å²) >= 11 is 0. The molecule has 0 radical (unpaired) electrons. The summed E-state index contributed by atoms with van der Waals surface area (Å²) in [7, 11) is 0. The second-order valence-corrected chi connectivity index (χ2v) is 3.90. The average molecular weight is 260 g/mol. The van der Waals surface area contributed by atoms with Crippen LogP contribution in [0.3, 0.4) is 0 Å². The number of nitriles is 1. The van der Waals surface area contributed by atoms with Crippen molar-refractivity contribution in [3.05, 3.63) is 35.4 Å². The highest BCUT2D eigenvalue weighted by Gasteiger charge is 2.40. The molecule has 0 heterocycles. The molecular weight excluding hydrogens is 248 g/mol. The van der Waals surface area contributed by atoms with Crippen molar-refractivity contribution in [3.63, 3.8) is 0 Å². The lowest BCUT2D eigenvalue weighted by Gasteiger charge is -2.20. The van der Waals surface area contributed by atoms with Crippen LogP contribution in [0.15, 0.2) is 24.3 Å². The van der Waals surface area contributed by atoms with Crippen molar-refractivity contribution < 1.29 is 17.6 Å². The fourth-order valence-corrected chi connectivity index (χ4v) is 1.33. The van der Waals surface area contributed by atoms with E-state index in [-0.39, 0.29) is 0 Å². The lowest BCUT2D eigenvalue weighted by atomic mass is 10.1. The van der Waals surface area contributed by atoms with E-state index in [4.69, 9.17) is 5.26 Å². The van der Waals surface area contributed by atoms with Crippen LogP contribution in [0.2, 0.25) is 0 Å². The largest absolute Gasteiger partial charge is 0.319 e. The van der Waals surface area contributed by atoms with Gasteiger partial charge in [0.05, 0.1) is 18.2 Å². The minimum Gasteiger partial charge on any atom is -0.304 e. The van der Waals surface area contributed by atoms with Gasteiger partial charge in [0.25, 0.3) is 0 Å². The predicted molar refractivity (Wildman–Crippen MR) is 58.5 cm³/mol. The molecule has 0 spiro atoms. The molecule has 0 amide bonds. The van der Waals surface area contributed by atoms with Crippen molar-refractivity contribution in [2.24, 2.45) is 0 Å². The normalized spacial score (nSPS) is 13.4. The maximum atomic E-state index is 12.7. The summed E-state index contributed by atoms with van der Waals surface area (Å²) in [5.74, 6) is -4.04. The quantitative estimate of drug-likeness (QED) is 0.826. The number of benzene rings is 1. The van der Waals surface area contributed by atoms with Gasteiger partial charge in [-0.05, 0) is 24.6 Å². The first-order valence-corrected chi connectivity index (χ1v) is 5.26. The van der Waals surface area contributed by atoms with E-state index in [1.807, 2.05) is 6.07 Å². The number of halogens is 4. The van der Waals surface area contributed by atoms with E-state index in [2.05, 4.69) is 5.32 Å². The average Bonchev–Trinajstić information content (AvgIpc) is 2.36. The fourth-order valence-electron chi connectivity index (χ4n) is 1.33. The van der Waals surface area contributed by atoms with Crippen LogP contribution in [0.4, 0.5) is 17.6 Å². The molecule has 1 unspecified atom stereocenters. The van der Waals surface area contributed by atoms with Gasteiger partial charge < -0.3 is 5.32 Å². The van der Waals surface area contributed by atoms with Gasteiger partial charge in [-0.1, -0.05) is 12.1 Å². The third kappa shape index (κ3) is 3.70. The first-order chi connectivity index (χ1) is 8.36. The van der Waals surface area contributed by atoms with E-state index in [0.29, 0.717) is 11.1 Å². The summed E-state index contributed by atoms with van der Waals surface area (Å²) in [6.45, 7) is 0.495. The smallest absolute Gasteiger partial charge is 0.304 e. The molecule has 6 heteroatoms. The third-order valence-electron chi connectivity index (χ3n) is 2.50. The summed E-state index contributed by atoms with van der Waals surface area (Å²) in [5.41, 5.74) is 1.10. The summed E-state index contributed by atoms with van der Waals surface area (Å²) in [4.78, 5) is 0. The molecule has 0 fully saturated rings. The van der Waals surface area contributed by atoms with Gasteiger partial charge in [0.15, 0.2) is 0 Å². The molecule has 1 rings (SSSR count). The Hall–Kier alpha value is -1.61. The topological polar surface area (TPSA) is 35.8 Å². The van der Waals surface area contributed by atoms with Crippen LogP contribution in [0.5, 0.6) is 0 Å². The molecule has 0 aromatic heterocycles. The predicted octanol–water partition coefficient (Wildman–Crippen LogP) is 3.11. The van der Waals surface area contributed by atoms with Crippen LogP contribution >= 0.6 is 0 Å². The molecule has 0 saturated carbocycles. The molecule has 0 bridgehead atoms. The molecule has 0 saturated heterocycles. The zero-order valence-electron chi connectivity index (χ0n) is 9.63. The Bertz CT molecular complexity index is 423. The van der Waals surface area contributed by atoms with Crippen LogP contribution in [0.1, 0.15) is 24.1 Å². The van der Waals surface area contributed by atoms with Crippen molar-refractivity contribution in [2.45, 2.75) is 25.3 Å². The fraction of sp³-hybridized carbons (Fsp3) is 0.417. The molecule has 0 aliphatic carbocycles. The highest BCUT2D eigenvalue weighted by atomic mass is 19.3. The summed E-state index contributed by atoms with van der Waals surface area (Å²) < 4.78 is 49.2. The maximum absolute atomic E-state index is 12.7. The number of nitrogens with one attached hydrogen (secondary N) is 1. The van der Waals surface area contributed by atoms with E-state index in [1.165, 1.54) is 0 Å². The lowest BCUT2D eigenvalue weighted by molar-refractivity contribution is -0.126. The third-order valence-corrected chi connectivity index (χ3v) is 2.50. The number of hydrogen-bond acceptors (Lipinski definition) is 2. The zero-order valence-corrected chi connectivity index (χ0v) is 9.63. The molecular formula is C12H12F4N2. The van der Waals surface area contributed by atoms with Gasteiger partial charge in [-0.25, -0.2) is 8.78 Å². The summed E-state index contributed by atoms with van der Waals surface area (Å²) in [6, 6.07) is 7.70. The Morgan fingerprint density at radius 2 is 1.83 bits per heavy atom. The van der Waals surface area contributed by atoms with Gasteiger partial charge in [-0.15, -0.1) is 0 Å². The maximum Gasteiger partial charge on any atom is 0.319 e. The molecule has 1 atom stereocenters. The van der Waals surface area contributed by atoms with Crippen LogP contribution in [-0.4, -0.2) is 18.9 Å². The molecule has 1 aromatic rings. The van der Waals surface area contributed by atoms with Crippen molar-refractivity contribution >= 4 is 0 Å². The molecule has 1 aromatic carbocycles. The molecule has 0 aliphatic rings. The van der Waals surface area contributed by atoms with Gasteiger partial charge >= 0.3 is 12.3 Å². The Morgan fingerprint density at radius 3 is 2.28 bits per heavy atom. The number of hydrogen-bond donors (Lipinski definition) is 1.